The van der Waals surface area contributed by atoms with Gasteiger partial charge >= 0.3 is 0 Å². The van der Waals surface area contributed by atoms with Gasteiger partial charge in [0.15, 0.2) is 0 Å². The fourth-order valence-corrected chi connectivity index (χ4v) is 3.84. The molecule has 2 amide bonds. The van der Waals surface area contributed by atoms with Crippen molar-refractivity contribution in [2.75, 3.05) is 13.7 Å². The number of likely N-dealkylation sites (tertiary alicyclic amines) is 1. The van der Waals surface area contributed by atoms with Gasteiger partial charge in [-0.15, -0.1) is 0 Å². The second-order valence-corrected chi connectivity index (χ2v) is 7.68. The van der Waals surface area contributed by atoms with Gasteiger partial charge in [-0.2, -0.15) is 0 Å². The number of nitrogens with zero attached hydrogens (tertiary/aromatic N) is 1. The minimum atomic E-state index is -0.0673. The molecule has 0 radical (unpaired) electrons. The molecule has 2 aromatic rings. The molecular formula is C23H26N2O3. The average Bonchev–Trinajstić information content (AvgIpc) is 3.49. The monoisotopic (exact) mass is 378 g/mol. The Labute approximate surface area is 165 Å². The molecule has 0 aromatic heterocycles. The van der Waals surface area contributed by atoms with E-state index in [9.17, 15) is 9.59 Å². The van der Waals surface area contributed by atoms with Gasteiger partial charge in [0.25, 0.3) is 5.91 Å². The van der Waals surface area contributed by atoms with Crippen molar-refractivity contribution in [2.45, 2.75) is 38.3 Å². The summed E-state index contributed by atoms with van der Waals surface area (Å²) in [4.78, 5) is 26.6. The number of carbonyl (C=O) groups excluding carboxylic acids is 2. The van der Waals surface area contributed by atoms with Crippen LogP contribution in [-0.2, 0) is 11.3 Å². The molecule has 0 spiro atoms. The number of methoxy groups -OCH3 is 1. The largest absolute Gasteiger partial charge is 0.497 e. The molecule has 2 aliphatic rings. The molecule has 1 saturated heterocycles. The zero-order chi connectivity index (χ0) is 19.5. The SMILES string of the molecule is COc1ccc(C(NC(=O)c2cccc(CN3CCCC3=O)c2)C2CC2)cc1. The third-order valence-corrected chi connectivity index (χ3v) is 5.59. The Morgan fingerprint density at radius 1 is 1.21 bits per heavy atom. The molecule has 1 aliphatic carbocycles. The highest BCUT2D eigenvalue weighted by atomic mass is 16.5. The number of amides is 2. The molecular weight excluding hydrogens is 352 g/mol. The molecule has 4 rings (SSSR count). The van der Waals surface area contributed by atoms with Gasteiger partial charge in [-0.3, -0.25) is 9.59 Å². The van der Waals surface area contributed by atoms with Crippen molar-refractivity contribution in [2.24, 2.45) is 5.92 Å². The van der Waals surface area contributed by atoms with Crippen LogP contribution in [0.5, 0.6) is 5.75 Å². The maximum atomic E-state index is 12.9. The van der Waals surface area contributed by atoms with Crippen LogP contribution in [0.4, 0.5) is 0 Å². The topological polar surface area (TPSA) is 58.6 Å². The van der Waals surface area contributed by atoms with E-state index in [0.717, 1.165) is 42.7 Å². The summed E-state index contributed by atoms with van der Waals surface area (Å²) in [5.74, 6) is 1.43. The van der Waals surface area contributed by atoms with Gasteiger partial charge in [-0.25, -0.2) is 0 Å². The maximum Gasteiger partial charge on any atom is 0.251 e. The van der Waals surface area contributed by atoms with E-state index in [2.05, 4.69) is 5.32 Å². The summed E-state index contributed by atoms with van der Waals surface area (Å²) in [6.45, 7) is 1.38. The highest BCUT2D eigenvalue weighted by molar-refractivity contribution is 5.94. The lowest BCUT2D eigenvalue weighted by Gasteiger charge is -2.20. The Kier molecular flexibility index (Phi) is 5.33. The summed E-state index contributed by atoms with van der Waals surface area (Å²) in [6, 6.07) is 15.5. The van der Waals surface area contributed by atoms with Crippen molar-refractivity contribution in [3.8, 4) is 5.75 Å². The first-order chi connectivity index (χ1) is 13.6. The molecule has 1 atom stereocenters. The van der Waals surface area contributed by atoms with Crippen LogP contribution >= 0.6 is 0 Å². The summed E-state index contributed by atoms with van der Waals surface area (Å²) in [5, 5.41) is 3.22. The van der Waals surface area contributed by atoms with Crippen LogP contribution < -0.4 is 10.1 Å². The molecule has 2 aromatic carbocycles. The molecule has 1 aliphatic heterocycles. The van der Waals surface area contributed by atoms with Crippen LogP contribution in [0.3, 0.4) is 0 Å². The Hall–Kier alpha value is -2.82. The van der Waals surface area contributed by atoms with Gasteiger partial charge < -0.3 is 15.0 Å². The molecule has 0 bridgehead atoms. The van der Waals surface area contributed by atoms with E-state index in [1.807, 2.05) is 53.4 Å². The Bertz CT molecular complexity index is 858. The molecule has 1 N–H and O–H groups in total. The number of nitrogens with one attached hydrogen (secondary N) is 1. The molecule has 146 valence electrons. The normalized spacial score (nSPS) is 17.5. The third-order valence-electron chi connectivity index (χ3n) is 5.59. The molecule has 1 unspecified atom stereocenters. The first-order valence-electron chi connectivity index (χ1n) is 9.95. The fourth-order valence-electron chi connectivity index (χ4n) is 3.84. The minimum Gasteiger partial charge on any atom is -0.497 e. The second kappa shape index (κ2) is 8.05. The third kappa shape index (κ3) is 4.19. The zero-order valence-corrected chi connectivity index (χ0v) is 16.2. The van der Waals surface area contributed by atoms with Crippen molar-refractivity contribution in [3.05, 3.63) is 65.2 Å². The van der Waals surface area contributed by atoms with Gasteiger partial charge in [0.2, 0.25) is 5.91 Å². The van der Waals surface area contributed by atoms with Gasteiger partial charge in [-0.05, 0) is 60.6 Å². The van der Waals surface area contributed by atoms with Crippen LogP contribution in [0.25, 0.3) is 0 Å². The fraction of sp³-hybridized carbons (Fsp3) is 0.391. The number of hydrogen-bond acceptors (Lipinski definition) is 3. The summed E-state index contributed by atoms with van der Waals surface area (Å²) in [7, 11) is 1.65. The molecule has 5 nitrogen and oxygen atoms in total. The van der Waals surface area contributed by atoms with Gasteiger partial charge in [-0.1, -0.05) is 24.3 Å². The summed E-state index contributed by atoms with van der Waals surface area (Å²) < 4.78 is 5.24. The molecule has 1 heterocycles. The molecule has 2 fully saturated rings. The number of hydrogen-bond donors (Lipinski definition) is 1. The van der Waals surface area contributed by atoms with Crippen LogP contribution in [0.2, 0.25) is 0 Å². The molecule has 1 saturated carbocycles. The van der Waals surface area contributed by atoms with E-state index in [4.69, 9.17) is 4.74 Å². The second-order valence-electron chi connectivity index (χ2n) is 7.68. The van der Waals surface area contributed by atoms with Crippen molar-refractivity contribution in [3.63, 3.8) is 0 Å². The van der Waals surface area contributed by atoms with Crippen LogP contribution in [0.15, 0.2) is 48.5 Å². The van der Waals surface area contributed by atoms with Gasteiger partial charge in [0.05, 0.1) is 13.2 Å². The first-order valence-corrected chi connectivity index (χ1v) is 9.95. The Balaban J connectivity index is 1.46. The summed E-state index contributed by atoms with van der Waals surface area (Å²) in [5.41, 5.74) is 2.74. The lowest BCUT2D eigenvalue weighted by atomic mass is 10.0. The zero-order valence-electron chi connectivity index (χ0n) is 16.2. The van der Waals surface area contributed by atoms with E-state index in [0.29, 0.717) is 24.4 Å². The van der Waals surface area contributed by atoms with Crippen LogP contribution in [-0.4, -0.2) is 30.4 Å². The summed E-state index contributed by atoms with van der Waals surface area (Å²) >= 11 is 0. The van der Waals surface area contributed by atoms with E-state index < -0.39 is 0 Å². The highest BCUT2D eigenvalue weighted by Crippen LogP contribution is 2.41. The Morgan fingerprint density at radius 3 is 2.64 bits per heavy atom. The summed E-state index contributed by atoms with van der Waals surface area (Å²) in [6.07, 6.45) is 3.82. The van der Waals surface area contributed by atoms with E-state index in [1.165, 1.54) is 0 Å². The van der Waals surface area contributed by atoms with Crippen molar-refractivity contribution in [1.82, 2.24) is 10.2 Å². The van der Waals surface area contributed by atoms with Crippen molar-refractivity contribution >= 4 is 11.8 Å². The predicted molar refractivity (Wildman–Crippen MR) is 107 cm³/mol. The predicted octanol–water partition coefficient (Wildman–Crippen LogP) is 3.70. The van der Waals surface area contributed by atoms with Gasteiger partial charge in [0, 0.05) is 25.1 Å². The number of rotatable bonds is 7. The lowest BCUT2D eigenvalue weighted by Crippen LogP contribution is -2.30. The smallest absolute Gasteiger partial charge is 0.251 e. The number of ether oxygens (including phenoxy) is 1. The van der Waals surface area contributed by atoms with Crippen LogP contribution in [0, 0.1) is 5.92 Å². The van der Waals surface area contributed by atoms with E-state index in [-0.39, 0.29) is 17.9 Å². The maximum absolute atomic E-state index is 12.9. The van der Waals surface area contributed by atoms with Crippen LogP contribution in [0.1, 0.15) is 53.2 Å². The van der Waals surface area contributed by atoms with Crippen molar-refractivity contribution < 1.29 is 14.3 Å². The number of benzene rings is 2. The minimum absolute atomic E-state index is 0.0159. The van der Waals surface area contributed by atoms with Crippen molar-refractivity contribution in [1.29, 1.82) is 0 Å². The standard InChI is InChI=1S/C23H26N2O3/c1-28-20-11-9-18(10-12-20)22(17-7-8-17)24-23(27)19-5-2-4-16(14-19)15-25-13-3-6-21(25)26/h2,4-5,9-12,14,17,22H,3,6-8,13,15H2,1H3,(H,24,27). The highest BCUT2D eigenvalue weighted by Gasteiger charge is 2.33. The van der Waals surface area contributed by atoms with Gasteiger partial charge in [0.1, 0.15) is 5.75 Å². The lowest BCUT2D eigenvalue weighted by molar-refractivity contribution is -0.128. The van der Waals surface area contributed by atoms with E-state index in [1.54, 1.807) is 7.11 Å². The molecule has 5 heteroatoms. The quantitative estimate of drug-likeness (QED) is 0.799. The van der Waals surface area contributed by atoms with E-state index >= 15 is 0 Å². The Morgan fingerprint density at radius 2 is 2.00 bits per heavy atom. The number of carbonyl (C=O) groups is 2. The molecule has 28 heavy (non-hydrogen) atoms. The first kappa shape index (κ1) is 18.5. The average molecular weight is 378 g/mol.